The summed E-state index contributed by atoms with van der Waals surface area (Å²) in [4.78, 5) is 0. The first-order valence-electron chi connectivity index (χ1n) is 12.9. The molecular formula is C36H25OP. The molecule has 0 aliphatic heterocycles. The summed E-state index contributed by atoms with van der Waals surface area (Å²) < 4.78 is 14.8. The average Bonchev–Trinajstić information content (AvgIpc) is 3.00. The fourth-order valence-electron chi connectivity index (χ4n) is 5.61. The lowest BCUT2D eigenvalue weighted by Gasteiger charge is -2.20. The van der Waals surface area contributed by atoms with Gasteiger partial charge in [-0.15, -0.1) is 0 Å². The van der Waals surface area contributed by atoms with Gasteiger partial charge in [0.05, 0.1) is 0 Å². The van der Waals surface area contributed by atoms with E-state index in [0.717, 1.165) is 21.5 Å². The molecule has 7 rings (SSSR count). The highest BCUT2D eigenvalue weighted by molar-refractivity contribution is 7.85. The van der Waals surface area contributed by atoms with Crippen LogP contribution < -0.4 is 15.9 Å². The van der Waals surface area contributed by atoms with Gasteiger partial charge in [-0.25, -0.2) is 0 Å². The van der Waals surface area contributed by atoms with Crippen LogP contribution in [0.5, 0.6) is 0 Å². The first kappa shape index (κ1) is 22.7. The van der Waals surface area contributed by atoms with E-state index < -0.39 is 7.14 Å². The second kappa shape index (κ2) is 9.14. The molecule has 0 aliphatic carbocycles. The van der Waals surface area contributed by atoms with Crippen molar-refractivity contribution < 1.29 is 4.57 Å². The van der Waals surface area contributed by atoms with Gasteiger partial charge < -0.3 is 4.57 Å². The highest BCUT2D eigenvalue weighted by Crippen LogP contribution is 2.43. The van der Waals surface area contributed by atoms with Crippen LogP contribution in [0.4, 0.5) is 0 Å². The topological polar surface area (TPSA) is 17.1 Å². The van der Waals surface area contributed by atoms with Gasteiger partial charge >= 0.3 is 0 Å². The summed E-state index contributed by atoms with van der Waals surface area (Å²) in [5, 5.41) is 9.98. The van der Waals surface area contributed by atoms with E-state index in [2.05, 4.69) is 91.0 Å². The molecule has 0 radical (unpaired) electrons. The summed E-state index contributed by atoms with van der Waals surface area (Å²) in [6, 6.07) is 52.1. The highest BCUT2D eigenvalue weighted by atomic mass is 31.2. The Morgan fingerprint density at radius 2 is 0.868 bits per heavy atom. The number of fused-ring (bicyclic) bond motifs is 4. The van der Waals surface area contributed by atoms with Crippen molar-refractivity contribution in [3.8, 4) is 11.1 Å². The quantitative estimate of drug-likeness (QED) is 0.134. The van der Waals surface area contributed by atoms with Crippen LogP contribution in [-0.4, -0.2) is 0 Å². The maximum absolute atomic E-state index is 14.8. The predicted molar refractivity (Wildman–Crippen MR) is 164 cm³/mol. The molecular weight excluding hydrogens is 479 g/mol. The van der Waals surface area contributed by atoms with Crippen molar-refractivity contribution in [2.24, 2.45) is 0 Å². The van der Waals surface area contributed by atoms with Gasteiger partial charge in [-0.2, -0.15) is 0 Å². The minimum absolute atomic E-state index is 0.842. The molecule has 38 heavy (non-hydrogen) atoms. The van der Waals surface area contributed by atoms with Gasteiger partial charge in [0.2, 0.25) is 0 Å². The molecule has 0 saturated carbocycles. The van der Waals surface area contributed by atoms with E-state index in [-0.39, 0.29) is 0 Å². The summed E-state index contributed by atoms with van der Waals surface area (Å²) in [7, 11) is -3.00. The van der Waals surface area contributed by atoms with Gasteiger partial charge in [-0.1, -0.05) is 133 Å². The van der Waals surface area contributed by atoms with E-state index in [0.29, 0.717) is 0 Å². The van der Waals surface area contributed by atoms with E-state index in [1.54, 1.807) is 0 Å². The summed E-state index contributed by atoms with van der Waals surface area (Å²) >= 11 is 0. The Bertz CT molecular complexity index is 1930. The minimum Gasteiger partial charge on any atom is -0.309 e. The van der Waals surface area contributed by atoms with Crippen molar-refractivity contribution in [2.45, 2.75) is 0 Å². The lowest BCUT2D eigenvalue weighted by Crippen LogP contribution is -2.24. The van der Waals surface area contributed by atoms with Crippen molar-refractivity contribution >= 4 is 55.4 Å². The maximum atomic E-state index is 14.8. The van der Waals surface area contributed by atoms with E-state index >= 15 is 0 Å². The lowest BCUT2D eigenvalue weighted by atomic mass is 9.92. The zero-order valence-corrected chi connectivity index (χ0v) is 21.7. The van der Waals surface area contributed by atoms with Crippen molar-refractivity contribution in [1.82, 2.24) is 0 Å². The molecule has 7 aromatic carbocycles. The van der Waals surface area contributed by atoms with E-state index in [9.17, 15) is 4.57 Å². The molecule has 0 unspecified atom stereocenters. The van der Waals surface area contributed by atoms with Crippen LogP contribution in [0.3, 0.4) is 0 Å². The Morgan fingerprint density at radius 1 is 0.368 bits per heavy atom. The molecule has 180 valence electrons. The average molecular weight is 505 g/mol. The third-order valence-electron chi connectivity index (χ3n) is 7.51. The fraction of sp³-hybridized carbons (Fsp3) is 0. The van der Waals surface area contributed by atoms with Crippen LogP contribution in [0.2, 0.25) is 0 Å². The Hall–Kier alpha value is -4.45. The first-order chi connectivity index (χ1) is 18.7. The maximum Gasteiger partial charge on any atom is 0.171 e. The number of rotatable bonds is 4. The van der Waals surface area contributed by atoms with Crippen molar-refractivity contribution in [3.05, 3.63) is 152 Å². The SMILES string of the molecule is O=P(c1ccccc1)(c1ccccc1)c1ccc(-c2cc3cc4ccccc4cc3c3ccccc23)cc1. The van der Waals surface area contributed by atoms with Gasteiger partial charge in [0, 0.05) is 15.9 Å². The summed E-state index contributed by atoms with van der Waals surface area (Å²) in [5.74, 6) is 0. The Morgan fingerprint density at radius 3 is 1.50 bits per heavy atom. The molecule has 0 spiro atoms. The van der Waals surface area contributed by atoms with Crippen molar-refractivity contribution in [2.75, 3.05) is 0 Å². The Labute approximate surface area is 222 Å². The van der Waals surface area contributed by atoms with Crippen molar-refractivity contribution in [1.29, 1.82) is 0 Å². The smallest absolute Gasteiger partial charge is 0.171 e. The standard InChI is InChI=1S/C36H25OP/c37-38(30-13-3-1-4-14-30,31-15-5-2-6-16-31)32-21-19-26(20-22-32)35-25-29-23-27-11-7-8-12-28(27)24-36(29)34-18-10-9-17-33(34)35/h1-25H. The van der Waals surface area contributed by atoms with Gasteiger partial charge in [0.25, 0.3) is 0 Å². The normalized spacial score (nSPS) is 11.8. The highest BCUT2D eigenvalue weighted by Gasteiger charge is 2.29. The molecule has 0 heterocycles. The van der Waals surface area contributed by atoms with Crippen molar-refractivity contribution in [3.63, 3.8) is 0 Å². The third kappa shape index (κ3) is 3.67. The molecule has 1 nitrogen and oxygen atoms in total. The molecule has 0 aliphatic rings. The largest absolute Gasteiger partial charge is 0.309 e. The van der Waals surface area contributed by atoms with E-state index in [1.807, 2.05) is 60.7 Å². The molecule has 0 saturated heterocycles. The Kier molecular flexibility index (Phi) is 5.46. The van der Waals surface area contributed by atoms with Gasteiger partial charge in [-0.05, 0) is 61.6 Å². The summed E-state index contributed by atoms with van der Waals surface area (Å²) in [6.45, 7) is 0. The molecule has 2 heteroatoms. The second-order valence-corrected chi connectivity index (χ2v) is 12.5. The van der Waals surface area contributed by atoms with E-state index in [1.165, 1.54) is 37.9 Å². The summed E-state index contributed by atoms with van der Waals surface area (Å²) in [6.07, 6.45) is 0. The second-order valence-electron chi connectivity index (χ2n) is 9.72. The predicted octanol–water partition coefficient (Wildman–Crippen LogP) is 8.45. The van der Waals surface area contributed by atoms with Crippen LogP contribution in [0.15, 0.2) is 152 Å². The summed E-state index contributed by atoms with van der Waals surface area (Å²) in [5.41, 5.74) is 2.30. The van der Waals surface area contributed by atoms with Crippen LogP contribution in [0.25, 0.3) is 43.4 Å². The zero-order valence-electron chi connectivity index (χ0n) is 20.8. The van der Waals surface area contributed by atoms with Crippen LogP contribution in [-0.2, 0) is 4.57 Å². The monoisotopic (exact) mass is 504 g/mol. The number of benzene rings is 7. The zero-order chi connectivity index (χ0) is 25.5. The molecule has 0 aromatic heterocycles. The number of hydrogen-bond donors (Lipinski definition) is 0. The first-order valence-corrected chi connectivity index (χ1v) is 14.6. The van der Waals surface area contributed by atoms with Gasteiger partial charge in [0.1, 0.15) is 0 Å². The van der Waals surface area contributed by atoms with Crippen LogP contribution in [0, 0.1) is 0 Å². The number of hydrogen-bond acceptors (Lipinski definition) is 1. The Balaban J connectivity index is 1.42. The van der Waals surface area contributed by atoms with E-state index in [4.69, 9.17) is 0 Å². The van der Waals surface area contributed by atoms with Gasteiger partial charge in [-0.3, -0.25) is 0 Å². The van der Waals surface area contributed by atoms with Crippen LogP contribution >= 0.6 is 7.14 Å². The lowest BCUT2D eigenvalue weighted by molar-refractivity contribution is 0.592. The van der Waals surface area contributed by atoms with Gasteiger partial charge in [0.15, 0.2) is 7.14 Å². The molecule has 7 aromatic rings. The molecule has 0 bridgehead atoms. The fourth-order valence-corrected chi connectivity index (χ4v) is 8.26. The minimum atomic E-state index is -3.00. The molecule has 0 fully saturated rings. The molecule has 0 N–H and O–H groups in total. The molecule has 0 atom stereocenters. The third-order valence-corrected chi connectivity index (χ3v) is 10.6. The molecule has 0 amide bonds. The van der Waals surface area contributed by atoms with Crippen LogP contribution in [0.1, 0.15) is 0 Å².